The van der Waals surface area contributed by atoms with Crippen LogP contribution in [0.5, 0.6) is 11.5 Å². The molecule has 0 saturated carbocycles. The van der Waals surface area contributed by atoms with Crippen LogP contribution >= 0.6 is 11.3 Å². The summed E-state index contributed by atoms with van der Waals surface area (Å²) in [6.07, 6.45) is 1.26. The van der Waals surface area contributed by atoms with Crippen LogP contribution < -0.4 is 10.7 Å². The Labute approximate surface area is 163 Å². The molecule has 0 atom stereocenters. The number of phenolic OH excluding ortho intramolecular Hbond substituents is 2. The van der Waals surface area contributed by atoms with Gasteiger partial charge in [-0.1, -0.05) is 29.5 Å². The molecule has 0 radical (unpaired) electrons. The number of nitrogens with one attached hydrogen (secondary N) is 2. The molecule has 1 aromatic heterocycles. The second kappa shape index (κ2) is 8.73. The average molecular weight is 397 g/mol. The van der Waals surface area contributed by atoms with Gasteiger partial charge in [0.1, 0.15) is 5.01 Å². The summed E-state index contributed by atoms with van der Waals surface area (Å²) in [7, 11) is 0. The number of amides is 2. The van der Waals surface area contributed by atoms with Crippen LogP contribution in [0.1, 0.15) is 20.9 Å². The zero-order valence-electron chi connectivity index (χ0n) is 14.4. The van der Waals surface area contributed by atoms with Crippen molar-refractivity contribution in [3.8, 4) is 11.5 Å². The monoisotopic (exact) mass is 397 g/mol. The summed E-state index contributed by atoms with van der Waals surface area (Å²) in [5.74, 6) is -1.26. The van der Waals surface area contributed by atoms with Gasteiger partial charge in [-0.2, -0.15) is 5.10 Å². The third kappa shape index (κ3) is 5.11. The molecule has 0 bridgehead atoms. The summed E-state index contributed by atoms with van der Waals surface area (Å²) in [4.78, 5) is 24.0. The van der Waals surface area contributed by atoms with Gasteiger partial charge in [0.15, 0.2) is 11.5 Å². The first-order chi connectivity index (χ1) is 13.5. The molecule has 2 amide bonds. The summed E-state index contributed by atoms with van der Waals surface area (Å²) < 4.78 is 0. The van der Waals surface area contributed by atoms with Crippen molar-refractivity contribution in [3.63, 3.8) is 0 Å². The van der Waals surface area contributed by atoms with Gasteiger partial charge < -0.3 is 10.2 Å². The number of aromatic hydroxyl groups is 2. The number of carbonyl (C=O) groups is 2. The van der Waals surface area contributed by atoms with Crippen LogP contribution in [0.4, 0.5) is 5.13 Å². The molecular formula is C18H15N5O4S. The zero-order chi connectivity index (χ0) is 19.9. The van der Waals surface area contributed by atoms with Gasteiger partial charge in [-0.05, 0) is 35.9 Å². The van der Waals surface area contributed by atoms with Crippen molar-refractivity contribution in [2.45, 2.75) is 6.42 Å². The summed E-state index contributed by atoms with van der Waals surface area (Å²) in [6, 6.07) is 12.8. The number of benzene rings is 2. The predicted octanol–water partition coefficient (Wildman–Crippen LogP) is 1.89. The first-order valence-electron chi connectivity index (χ1n) is 8.04. The Kier molecular flexibility index (Phi) is 5.92. The van der Waals surface area contributed by atoms with E-state index in [1.54, 1.807) is 24.3 Å². The number of hydrogen-bond donors (Lipinski definition) is 4. The fourth-order valence-corrected chi connectivity index (χ4v) is 2.84. The predicted molar refractivity (Wildman–Crippen MR) is 104 cm³/mol. The second-order valence-corrected chi connectivity index (χ2v) is 6.60. The van der Waals surface area contributed by atoms with Crippen molar-refractivity contribution in [2.75, 3.05) is 5.32 Å². The molecule has 0 aliphatic carbocycles. The summed E-state index contributed by atoms with van der Waals surface area (Å²) in [5.41, 5.74) is 3.32. The lowest BCUT2D eigenvalue weighted by Crippen LogP contribution is -2.19. The molecule has 1 heterocycles. The SMILES string of the molecule is O=C(Cc1nnc(NC(=O)c2ccccc2)s1)N/N=C\c1ccc(O)c(O)c1. The topological polar surface area (TPSA) is 137 Å². The van der Waals surface area contributed by atoms with E-state index in [1.165, 1.54) is 24.4 Å². The molecule has 2 aromatic carbocycles. The lowest BCUT2D eigenvalue weighted by Gasteiger charge is -2.00. The maximum absolute atomic E-state index is 12.1. The van der Waals surface area contributed by atoms with Crippen molar-refractivity contribution in [3.05, 3.63) is 64.7 Å². The minimum Gasteiger partial charge on any atom is -0.504 e. The number of nitrogens with zero attached hydrogens (tertiary/aromatic N) is 3. The molecule has 3 rings (SSSR count). The highest BCUT2D eigenvalue weighted by Gasteiger charge is 2.12. The standard InChI is InChI=1S/C18H15N5O4S/c24-13-7-6-11(8-14(13)25)10-19-21-15(26)9-16-22-23-18(28-16)20-17(27)12-4-2-1-3-5-12/h1-8,10,24-25H,9H2,(H,21,26)(H,20,23,27)/b19-10-. The fraction of sp³-hybridized carbons (Fsp3) is 0.0556. The molecule has 0 saturated heterocycles. The Morgan fingerprint density at radius 2 is 1.86 bits per heavy atom. The van der Waals surface area contributed by atoms with Gasteiger partial charge in [0.2, 0.25) is 11.0 Å². The molecule has 142 valence electrons. The molecular weight excluding hydrogens is 382 g/mol. The van der Waals surface area contributed by atoms with E-state index >= 15 is 0 Å². The summed E-state index contributed by atoms with van der Waals surface area (Å²) in [6.45, 7) is 0. The minimum absolute atomic E-state index is 0.0585. The normalized spacial score (nSPS) is 10.7. The number of rotatable bonds is 6. The largest absolute Gasteiger partial charge is 0.504 e. The highest BCUT2D eigenvalue weighted by Crippen LogP contribution is 2.24. The van der Waals surface area contributed by atoms with Crippen LogP contribution in [-0.2, 0) is 11.2 Å². The first-order valence-corrected chi connectivity index (χ1v) is 8.85. The Morgan fingerprint density at radius 1 is 1.07 bits per heavy atom. The van der Waals surface area contributed by atoms with Crippen molar-refractivity contribution in [1.29, 1.82) is 0 Å². The molecule has 4 N–H and O–H groups in total. The van der Waals surface area contributed by atoms with E-state index in [4.69, 9.17) is 0 Å². The Hall–Kier alpha value is -3.79. The summed E-state index contributed by atoms with van der Waals surface area (Å²) in [5, 5.41) is 33.5. The lowest BCUT2D eigenvalue weighted by atomic mass is 10.2. The van der Waals surface area contributed by atoms with Gasteiger partial charge in [0.05, 0.1) is 12.6 Å². The van der Waals surface area contributed by atoms with E-state index in [-0.39, 0.29) is 23.8 Å². The van der Waals surface area contributed by atoms with Crippen LogP contribution in [0, 0.1) is 0 Å². The number of anilines is 1. The van der Waals surface area contributed by atoms with Crippen LogP contribution in [0.3, 0.4) is 0 Å². The smallest absolute Gasteiger partial charge is 0.257 e. The third-order valence-electron chi connectivity index (χ3n) is 3.44. The van der Waals surface area contributed by atoms with Crippen LogP contribution in [0.15, 0.2) is 53.6 Å². The van der Waals surface area contributed by atoms with E-state index < -0.39 is 5.91 Å². The first kappa shape index (κ1) is 19.0. The van der Waals surface area contributed by atoms with E-state index in [1.807, 2.05) is 6.07 Å². The minimum atomic E-state index is -0.420. The lowest BCUT2D eigenvalue weighted by molar-refractivity contribution is -0.120. The molecule has 0 spiro atoms. The number of phenols is 2. The second-order valence-electron chi connectivity index (χ2n) is 5.54. The van der Waals surface area contributed by atoms with Crippen molar-refractivity contribution < 1.29 is 19.8 Å². The van der Waals surface area contributed by atoms with E-state index in [2.05, 4.69) is 26.0 Å². The zero-order valence-corrected chi connectivity index (χ0v) is 15.2. The van der Waals surface area contributed by atoms with Crippen molar-refractivity contribution in [1.82, 2.24) is 15.6 Å². The Balaban J connectivity index is 1.51. The van der Waals surface area contributed by atoms with E-state index in [0.29, 0.717) is 21.3 Å². The van der Waals surface area contributed by atoms with Gasteiger partial charge in [0.25, 0.3) is 5.91 Å². The Bertz CT molecular complexity index is 1020. The Morgan fingerprint density at radius 3 is 2.61 bits per heavy atom. The van der Waals surface area contributed by atoms with E-state index in [9.17, 15) is 19.8 Å². The van der Waals surface area contributed by atoms with Crippen LogP contribution in [0.25, 0.3) is 0 Å². The number of carbonyl (C=O) groups excluding carboxylic acids is 2. The maximum atomic E-state index is 12.1. The molecule has 0 aliphatic rings. The van der Waals surface area contributed by atoms with Crippen molar-refractivity contribution >= 4 is 34.5 Å². The van der Waals surface area contributed by atoms with Crippen LogP contribution in [-0.4, -0.2) is 38.4 Å². The number of hydrogen-bond acceptors (Lipinski definition) is 8. The van der Waals surface area contributed by atoms with Crippen LogP contribution in [0.2, 0.25) is 0 Å². The maximum Gasteiger partial charge on any atom is 0.257 e. The van der Waals surface area contributed by atoms with Gasteiger partial charge in [-0.25, -0.2) is 5.43 Å². The number of hydrazone groups is 1. The fourth-order valence-electron chi connectivity index (χ4n) is 2.11. The molecule has 0 unspecified atom stereocenters. The molecule has 0 aliphatic heterocycles. The molecule has 28 heavy (non-hydrogen) atoms. The van der Waals surface area contributed by atoms with E-state index in [0.717, 1.165) is 11.3 Å². The quantitative estimate of drug-likeness (QED) is 0.285. The third-order valence-corrected chi connectivity index (χ3v) is 4.28. The highest BCUT2D eigenvalue weighted by atomic mass is 32.1. The molecule has 3 aromatic rings. The highest BCUT2D eigenvalue weighted by molar-refractivity contribution is 7.15. The average Bonchev–Trinajstić information content (AvgIpc) is 3.12. The molecule has 10 heteroatoms. The van der Waals surface area contributed by atoms with Gasteiger partial charge in [-0.3, -0.25) is 14.9 Å². The van der Waals surface area contributed by atoms with Gasteiger partial charge >= 0.3 is 0 Å². The van der Waals surface area contributed by atoms with Gasteiger partial charge in [0, 0.05) is 5.56 Å². The summed E-state index contributed by atoms with van der Waals surface area (Å²) >= 11 is 1.09. The molecule has 0 fully saturated rings. The van der Waals surface area contributed by atoms with Crippen molar-refractivity contribution in [2.24, 2.45) is 5.10 Å². The molecule has 9 nitrogen and oxygen atoms in total. The number of aromatic nitrogens is 2. The van der Waals surface area contributed by atoms with Gasteiger partial charge in [-0.15, -0.1) is 10.2 Å².